The van der Waals surface area contributed by atoms with Crippen LogP contribution in [0.15, 0.2) is 60.7 Å². The predicted molar refractivity (Wildman–Crippen MR) is 158 cm³/mol. The Labute approximate surface area is 239 Å². The first-order chi connectivity index (χ1) is 17.0. The first kappa shape index (κ1) is 30.3. The van der Waals surface area contributed by atoms with Crippen molar-refractivity contribution in [3.8, 4) is 0 Å². The van der Waals surface area contributed by atoms with E-state index in [9.17, 15) is 0 Å². The molecule has 0 radical (unpaired) electrons. The fourth-order valence-electron chi connectivity index (χ4n) is 5.36. The SMILES string of the molecule is C[Si](C)(C)O[CH-]CC(CCO[Si](C)(C)C)(C1C=Cc2ccccc21)C1C=Cc2ccccc21.[Cl][Zr][Cl]. The van der Waals surface area contributed by atoms with Gasteiger partial charge in [-0.15, -0.1) is 0 Å². The second kappa shape index (κ2) is 13.2. The van der Waals surface area contributed by atoms with Crippen molar-refractivity contribution in [2.45, 2.75) is 64.0 Å². The molecule has 0 saturated carbocycles. The summed E-state index contributed by atoms with van der Waals surface area (Å²) >= 11 is -0.826. The van der Waals surface area contributed by atoms with Gasteiger partial charge >= 0.3 is 37.9 Å². The third-order valence-corrected chi connectivity index (χ3v) is 8.78. The predicted octanol–water partition coefficient (Wildman–Crippen LogP) is 9.62. The van der Waals surface area contributed by atoms with E-state index in [1.165, 1.54) is 22.3 Å². The monoisotopic (exact) mass is 635 g/mol. The summed E-state index contributed by atoms with van der Waals surface area (Å²) in [5.74, 6) is 0.641. The molecule has 0 heterocycles. The van der Waals surface area contributed by atoms with Crippen LogP contribution in [0.1, 0.15) is 46.9 Å². The van der Waals surface area contributed by atoms with Gasteiger partial charge in [0.1, 0.15) is 8.32 Å². The molecule has 194 valence electrons. The van der Waals surface area contributed by atoms with Gasteiger partial charge in [-0.1, -0.05) is 72.8 Å². The summed E-state index contributed by atoms with van der Waals surface area (Å²) in [6, 6.07) is 17.8. The summed E-state index contributed by atoms with van der Waals surface area (Å²) in [4.78, 5) is 0. The van der Waals surface area contributed by atoms with E-state index in [4.69, 9.17) is 25.9 Å². The standard InChI is InChI=1S/C29H39O2Si2.2ClH.Zr/c1-32(2,3)30-21-19-29(20-22-31-33(4,5)6,27-17-15-23-11-7-9-13-25(23)27)28-18-16-24-12-8-10-14-26(24)28;;;/h7-18,21,27-28H,19-20,22H2,1-6H3;2*1H;/q-1;;;+2/p-2. The van der Waals surface area contributed by atoms with Crippen LogP contribution in [-0.2, 0) is 29.7 Å². The maximum atomic E-state index is 6.47. The molecule has 0 amide bonds. The Hall–Kier alpha value is -0.263. The number of hydrogen-bond donors (Lipinski definition) is 0. The summed E-state index contributed by atoms with van der Waals surface area (Å²) in [5, 5.41) is 0. The molecule has 7 heteroatoms. The van der Waals surface area contributed by atoms with Gasteiger partial charge in [0.05, 0.1) is 0 Å². The summed E-state index contributed by atoms with van der Waals surface area (Å²) in [5.41, 5.74) is 5.51. The second-order valence-corrected chi connectivity index (χ2v) is 24.3. The molecular weight excluding hydrogens is 599 g/mol. The van der Waals surface area contributed by atoms with Crippen LogP contribution in [0.25, 0.3) is 12.2 Å². The molecule has 4 rings (SSSR count). The van der Waals surface area contributed by atoms with Crippen molar-refractivity contribution in [1.82, 2.24) is 0 Å². The van der Waals surface area contributed by atoms with Crippen LogP contribution in [0.4, 0.5) is 0 Å². The number of allylic oxidation sites excluding steroid dienone is 2. The van der Waals surface area contributed by atoms with E-state index in [0.29, 0.717) is 11.8 Å². The molecule has 2 atom stereocenters. The molecule has 2 unspecified atom stereocenters. The molecule has 2 aromatic carbocycles. The van der Waals surface area contributed by atoms with Crippen molar-refractivity contribution in [2.75, 3.05) is 6.61 Å². The van der Waals surface area contributed by atoms with E-state index in [1.54, 1.807) is 0 Å². The number of hydrogen-bond acceptors (Lipinski definition) is 2. The Bertz CT molecular complexity index is 976. The molecule has 0 fully saturated rings. The van der Waals surface area contributed by atoms with Crippen LogP contribution in [0.2, 0.25) is 39.3 Å². The van der Waals surface area contributed by atoms with Crippen molar-refractivity contribution < 1.29 is 29.7 Å². The Kier molecular flexibility index (Phi) is 11.1. The van der Waals surface area contributed by atoms with Gasteiger partial charge in [0.2, 0.25) is 0 Å². The zero-order valence-electron chi connectivity index (χ0n) is 22.4. The van der Waals surface area contributed by atoms with E-state index in [1.807, 2.05) is 0 Å². The summed E-state index contributed by atoms with van der Waals surface area (Å²) < 4.78 is 12.8. The van der Waals surface area contributed by atoms with E-state index in [-0.39, 0.29) is 5.41 Å². The molecule has 0 spiro atoms. The maximum absolute atomic E-state index is 6.47. The van der Waals surface area contributed by atoms with Gasteiger partial charge in [0.25, 0.3) is 0 Å². The second-order valence-electron chi connectivity index (χ2n) is 11.5. The topological polar surface area (TPSA) is 18.5 Å². The minimum atomic E-state index is -1.66. The van der Waals surface area contributed by atoms with E-state index >= 15 is 0 Å². The third-order valence-electron chi connectivity index (χ3n) is 6.84. The summed E-state index contributed by atoms with van der Waals surface area (Å²) in [7, 11) is 6.60. The van der Waals surface area contributed by atoms with Crippen molar-refractivity contribution >= 4 is 45.8 Å². The summed E-state index contributed by atoms with van der Waals surface area (Å²) in [6.45, 7) is 16.6. The molecule has 0 aromatic heterocycles. The molecule has 2 nitrogen and oxygen atoms in total. The van der Waals surface area contributed by atoms with Crippen LogP contribution in [-0.4, -0.2) is 23.2 Å². The zero-order chi connectivity index (χ0) is 26.4. The van der Waals surface area contributed by atoms with Crippen molar-refractivity contribution in [1.29, 1.82) is 0 Å². The number of halogens is 2. The number of rotatable bonds is 10. The van der Waals surface area contributed by atoms with Crippen molar-refractivity contribution in [3.05, 3.63) is 89.5 Å². The minimum absolute atomic E-state index is 0.0501. The number of benzene rings is 2. The molecular formula is C29H39Cl2O2Si2Zr-. The van der Waals surface area contributed by atoms with Gasteiger partial charge in [-0.2, -0.15) is 6.42 Å². The Morgan fingerprint density at radius 2 is 1.28 bits per heavy atom. The third kappa shape index (κ3) is 7.88. The van der Waals surface area contributed by atoms with Gasteiger partial charge in [-0.3, -0.25) is 0 Å². The van der Waals surface area contributed by atoms with Gasteiger partial charge < -0.3 is 8.85 Å². The van der Waals surface area contributed by atoms with E-state index in [0.717, 1.165) is 19.4 Å². The molecule has 0 bridgehead atoms. The number of fused-ring (bicyclic) bond motifs is 2. The zero-order valence-corrected chi connectivity index (χ0v) is 28.3. The summed E-state index contributed by atoms with van der Waals surface area (Å²) in [6.07, 6.45) is 11.4. The van der Waals surface area contributed by atoms with Crippen molar-refractivity contribution in [2.24, 2.45) is 5.41 Å². The van der Waals surface area contributed by atoms with Crippen LogP contribution in [0, 0.1) is 12.0 Å². The molecule has 0 aliphatic heterocycles. The molecule has 2 aliphatic carbocycles. The normalized spacial score (nSPS) is 19.8. The average Bonchev–Trinajstić information content (AvgIpc) is 3.42. The Morgan fingerprint density at radius 3 is 1.72 bits per heavy atom. The van der Waals surface area contributed by atoms with Gasteiger partial charge in [0.15, 0.2) is 8.32 Å². The molecule has 0 N–H and O–H groups in total. The quantitative estimate of drug-likeness (QED) is 0.191. The van der Waals surface area contributed by atoms with E-state index < -0.39 is 37.5 Å². The fourth-order valence-corrected chi connectivity index (χ4v) is 6.65. The molecule has 36 heavy (non-hydrogen) atoms. The Morgan fingerprint density at radius 1 is 0.806 bits per heavy atom. The van der Waals surface area contributed by atoms with Crippen LogP contribution in [0.5, 0.6) is 0 Å². The first-order valence-corrected chi connectivity index (χ1v) is 25.8. The molecule has 2 aromatic rings. The van der Waals surface area contributed by atoms with Crippen LogP contribution < -0.4 is 0 Å². The van der Waals surface area contributed by atoms with Gasteiger partial charge in [0, 0.05) is 18.4 Å². The van der Waals surface area contributed by atoms with E-state index in [2.05, 4.69) is 119 Å². The molecule has 0 saturated heterocycles. The molecule has 2 aliphatic rings. The fraction of sp³-hybridized carbons (Fsp3) is 0.414. The van der Waals surface area contributed by atoms with Gasteiger partial charge in [-0.05, 0) is 73.4 Å². The van der Waals surface area contributed by atoms with Crippen molar-refractivity contribution in [3.63, 3.8) is 0 Å². The van der Waals surface area contributed by atoms with Crippen LogP contribution in [0.3, 0.4) is 0 Å². The first-order valence-electron chi connectivity index (χ1n) is 12.6. The average molecular weight is 638 g/mol. The van der Waals surface area contributed by atoms with Gasteiger partial charge in [-0.25, -0.2) is 6.61 Å². The van der Waals surface area contributed by atoms with Crippen LogP contribution >= 0.6 is 17.0 Å². The Balaban J connectivity index is 0.00000115.